The fraction of sp³-hybridized carbons (Fsp3) is 0.778. The lowest BCUT2D eigenvalue weighted by molar-refractivity contribution is -0.122. The Balaban J connectivity index is 3.36. The Morgan fingerprint density at radius 2 is 1.27 bits per heavy atom. The van der Waals surface area contributed by atoms with Gasteiger partial charge in [-0.3, -0.25) is 9.59 Å². The Kier molecular flexibility index (Phi) is 8.70. The van der Waals surface area contributed by atoms with Crippen molar-refractivity contribution in [3.63, 3.8) is 0 Å². The van der Waals surface area contributed by atoms with Crippen molar-refractivity contribution < 1.29 is 19.8 Å². The number of amides is 2. The van der Waals surface area contributed by atoms with Crippen LogP contribution >= 0.6 is 0 Å². The van der Waals surface area contributed by atoms with Gasteiger partial charge in [-0.05, 0) is 6.42 Å². The fourth-order valence-electron chi connectivity index (χ4n) is 0.977. The van der Waals surface area contributed by atoms with E-state index in [4.69, 9.17) is 10.2 Å². The molecule has 88 valence electrons. The molecule has 4 N–H and O–H groups in total. The van der Waals surface area contributed by atoms with Gasteiger partial charge in [-0.1, -0.05) is 0 Å². The van der Waals surface area contributed by atoms with Gasteiger partial charge in [0.05, 0.1) is 13.2 Å². The lowest BCUT2D eigenvalue weighted by Gasteiger charge is -2.03. The van der Waals surface area contributed by atoms with E-state index in [1.54, 1.807) is 0 Å². The van der Waals surface area contributed by atoms with Gasteiger partial charge in [-0.25, -0.2) is 0 Å². The summed E-state index contributed by atoms with van der Waals surface area (Å²) in [6.45, 7) is 0.330. The molecule has 15 heavy (non-hydrogen) atoms. The predicted octanol–water partition coefficient (Wildman–Crippen LogP) is -1.63. The van der Waals surface area contributed by atoms with E-state index in [1.165, 1.54) is 0 Å². The Hall–Kier alpha value is -1.14. The summed E-state index contributed by atoms with van der Waals surface area (Å²) in [7, 11) is 0. The number of hydrogen-bond acceptors (Lipinski definition) is 4. The summed E-state index contributed by atoms with van der Waals surface area (Å²) in [6.07, 6.45) is 1.01. The number of rotatable bonds is 8. The van der Waals surface area contributed by atoms with E-state index in [-0.39, 0.29) is 51.0 Å². The second-order valence-electron chi connectivity index (χ2n) is 3.00. The van der Waals surface area contributed by atoms with Crippen molar-refractivity contribution >= 4 is 11.8 Å². The standard InChI is InChI=1S/C9H18N2O4/c12-6-4-10-8(14)2-1-3-9(15)11-5-7-13/h12-13H,1-7H2,(H,10,14)(H,11,15). The van der Waals surface area contributed by atoms with Gasteiger partial charge in [0.1, 0.15) is 0 Å². The van der Waals surface area contributed by atoms with Gasteiger partial charge in [-0.15, -0.1) is 0 Å². The summed E-state index contributed by atoms with van der Waals surface area (Å²) in [4.78, 5) is 22.0. The summed E-state index contributed by atoms with van der Waals surface area (Å²) in [6, 6.07) is 0. The molecule has 0 fully saturated rings. The monoisotopic (exact) mass is 218 g/mol. The highest BCUT2D eigenvalue weighted by molar-refractivity contribution is 5.78. The molecule has 6 nitrogen and oxygen atoms in total. The van der Waals surface area contributed by atoms with Crippen LogP contribution in [0.3, 0.4) is 0 Å². The topological polar surface area (TPSA) is 98.7 Å². The van der Waals surface area contributed by atoms with Crippen LogP contribution < -0.4 is 10.6 Å². The minimum absolute atomic E-state index is 0.0806. The summed E-state index contributed by atoms with van der Waals surface area (Å²) in [5.41, 5.74) is 0. The van der Waals surface area contributed by atoms with Crippen LogP contribution in [0.2, 0.25) is 0 Å². The van der Waals surface area contributed by atoms with Crippen LogP contribution in [0.15, 0.2) is 0 Å². The highest BCUT2D eigenvalue weighted by Gasteiger charge is 2.03. The number of carbonyl (C=O) groups excluding carboxylic acids is 2. The molecule has 0 unspecified atom stereocenters. The SMILES string of the molecule is O=C(CCCC(=O)NCCO)NCCO. The molecule has 0 rings (SSSR count). The van der Waals surface area contributed by atoms with Crippen molar-refractivity contribution in [3.05, 3.63) is 0 Å². The van der Waals surface area contributed by atoms with Gasteiger partial charge >= 0.3 is 0 Å². The van der Waals surface area contributed by atoms with Crippen molar-refractivity contribution in [2.75, 3.05) is 26.3 Å². The third-order valence-corrected chi connectivity index (χ3v) is 1.68. The smallest absolute Gasteiger partial charge is 0.220 e. The lowest BCUT2D eigenvalue weighted by atomic mass is 10.2. The Morgan fingerprint density at radius 3 is 1.60 bits per heavy atom. The maximum atomic E-state index is 11.0. The number of nitrogens with one attached hydrogen (secondary N) is 2. The van der Waals surface area contributed by atoms with Gasteiger partial charge in [-0.2, -0.15) is 0 Å². The molecule has 0 spiro atoms. The number of carbonyl (C=O) groups is 2. The summed E-state index contributed by atoms with van der Waals surface area (Å²) in [5, 5.41) is 21.8. The third kappa shape index (κ3) is 9.17. The molecule has 0 aliphatic carbocycles. The van der Waals surface area contributed by atoms with E-state index in [0.717, 1.165) is 0 Å². The van der Waals surface area contributed by atoms with E-state index in [0.29, 0.717) is 6.42 Å². The van der Waals surface area contributed by atoms with Crippen LogP contribution in [0, 0.1) is 0 Å². The largest absolute Gasteiger partial charge is 0.395 e. The Labute approximate surface area is 88.7 Å². The highest BCUT2D eigenvalue weighted by Crippen LogP contribution is 1.94. The van der Waals surface area contributed by atoms with Gasteiger partial charge in [0.2, 0.25) is 11.8 Å². The van der Waals surface area contributed by atoms with Crippen LogP contribution in [0.25, 0.3) is 0 Å². The molecule has 0 heterocycles. The molecule has 0 bridgehead atoms. The van der Waals surface area contributed by atoms with Crippen molar-refractivity contribution in [3.8, 4) is 0 Å². The average Bonchev–Trinajstić information content (AvgIpc) is 2.23. The van der Waals surface area contributed by atoms with E-state index in [2.05, 4.69) is 10.6 Å². The van der Waals surface area contributed by atoms with Crippen LogP contribution in [-0.2, 0) is 9.59 Å². The van der Waals surface area contributed by atoms with Gasteiger partial charge in [0.25, 0.3) is 0 Å². The van der Waals surface area contributed by atoms with E-state index in [9.17, 15) is 9.59 Å². The predicted molar refractivity (Wildman–Crippen MR) is 54.0 cm³/mol. The van der Waals surface area contributed by atoms with Gasteiger partial charge < -0.3 is 20.8 Å². The van der Waals surface area contributed by atoms with Crippen LogP contribution in [0.1, 0.15) is 19.3 Å². The Bertz CT molecular complexity index is 177. The van der Waals surface area contributed by atoms with Crippen molar-refractivity contribution in [1.82, 2.24) is 10.6 Å². The molecule has 2 amide bonds. The van der Waals surface area contributed by atoms with Crippen LogP contribution in [0.4, 0.5) is 0 Å². The summed E-state index contributed by atoms with van der Waals surface area (Å²) >= 11 is 0. The van der Waals surface area contributed by atoms with Crippen molar-refractivity contribution in [2.24, 2.45) is 0 Å². The average molecular weight is 218 g/mol. The number of aliphatic hydroxyl groups is 2. The highest BCUT2D eigenvalue weighted by atomic mass is 16.3. The number of aliphatic hydroxyl groups excluding tert-OH is 2. The first-order chi connectivity index (χ1) is 7.20. The number of hydrogen-bond donors (Lipinski definition) is 4. The third-order valence-electron chi connectivity index (χ3n) is 1.68. The molecule has 0 aliphatic rings. The first-order valence-electron chi connectivity index (χ1n) is 4.95. The van der Waals surface area contributed by atoms with Crippen molar-refractivity contribution in [2.45, 2.75) is 19.3 Å². The molecule has 0 saturated carbocycles. The minimum Gasteiger partial charge on any atom is -0.395 e. The first-order valence-corrected chi connectivity index (χ1v) is 4.95. The second kappa shape index (κ2) is 9.42. The van der Waals surface area contributed by atoms with E-state index < -0.39 is 0 Å². The first kappa shape index (κ1) is 13.9. The molecule has 0 aromatic carbocycles. The maximum absolute atomic E-state index is 11.0. The minimum atomic E-state index is -0.168. The zero-order valence-corrected chi connectivity index (χ0v) is 8.66. The molecular formula is C9H18N2O4. The normalized spacial score (nSPS) is 9.73. The second-order valence-corrected chi connectivity index (χ2v) is 3.00. The fourth-order valence-corrected chi connectivity index (χ4v) is 0.977. The summed E-state index contributed by atoms with van der Waals surface area (Å²) in [5.74, 6) is -0.335. The van der Waals surface area contributed by atoms with E-state index >= 15 is 0 Å². The molecule has 0 radical (unpaired) electrons. The van der Waals surface area contributed by atoms with Gasteiger partial charge in [0.15, 0.2) is 0 Å². The zero-order valence-electron chi connectivity index (χ0n) is 8.66. The quantitative estimate of drug-likeness (QED) is 0.393. The molecular weight excluding hydrogens is 200 g/mol. The lowest BCUT2D eigenvalue weighted by Crippen LogP contribution is -2.28. The van der Waals surface area contributed by atoms with E-state index in [1.807, 2.05) is 0 Å². The molecule has 0 aromatic rings. The molecule has 6 heteroatoms. The maximum Gasteiger partial charge on any atom is 0.220 e. The molecule has 0 saturated heterocycles. The summed E-state index contributed by atoms with van der Waals surface area (Å²) < 4.78 is 0. The molecule has 0 atom stereocenters. The molecule has 0 aliphatic heterocycles. The van der Waals surface area contributed by atoms with Crippen LogP contribution in [-0.4, -0.2) is 48.3 Å². The zero-order chi connectivity index (χ0) is 11.5. The van der Waals surface area contributed by atoms with Gasteiger partial charge in [0, 0.05) is 25.9 Å². The van der Waals surface area contributed by atoms with Crippen molar-refractivity contribution in [1.29, 1.82) is 0 Å². The Morgan fingerprint density at radius 1 is 0.867 bits per heavy atom. The molecule has 0 aromatic heterocycles. The van der Waals surface area contributed by atoms with Crippen LogP contribution in [0.5, 0.6) is 0 Å².